The van der Waals surface area contributed by atoms with Crippen LogP contribution in [0.25, 0.3) is 0 Å². The van der Waals surface area contributed by atoms with Crippen LogP contribution in [0, 0.1) is 0 Å². The van der Waals surface area contributed by atoms with E-state index >= 15 is 0 Å². The summed E-state index contributed by atoms with van der Waals surface area (Å²) < 4.78 is 0. The quantitative estimate of drug-likeness (QED) is 0.315. The molecule has 1 nitrogen and oxygen atoms in total. The molecule has 0 amide bonds. The van der Waals surface area contributed by atoms with Gasteiger partial charge in [-0.15, -0.1) is 0 Å². The highest BCUT2D eigenvalue weighted by molar-refractivity contribution is 4.81. The average Bonchev–Trinajstić information content (AvgIpc) is 2.39. The van der Waals surface area contributed by atoms with E-state index in [4.69, 9.17) is 5.11 Å². The number of allylic oxidation sites excluding steroid dienone is 2. The van der Waals surface area contributed by atoms with Crippen molar-refractivity contribution in [1.82, 2.24) is 0 Å². The van der Waals surface area contributed by atoms with Crippen molar-refractivity contribution in [3.63, 3.8) is 0 Å². The second-order valence-electron chi connectivity index (χ2n) is 5.31. The van der Waals surface area contributed by atoms with Crippen LogP contribution in [0.1, 0.15) is 90.4 Å². The minimum absolute atomic E-state index is 0.355. The molecule has 0 fully saturated rings. The Morgan fingerprint density at radius 1 is 0.611 bits per heavy atom. The molecule has 0 heterocycles. The molecule has 1 N–H and O–H groups in total. The molecule has 1 heteroatoms. The van der Waals surface area contributed by atoms with Crippen molar-refractivity contribution in [2.45, 2.75) is 90.4 Å². The Balaban J connectivity index is 3.00. The number of hydrogen-bond acceptors (Lipinski definition) is 1. The van der Waals surface area contributed by atoms with Gasteiger partial charge < -0.3 is 5.11 Å². The largest absolute Gasteiger partial charge is 0.396 e. The zero-order valence-electron chi connectivity index (χ0n) is 12.5. The van der Waals surface area contributed by atoms with Gasteiger partial charge in [-0.25, -0.2) is 0 Å². The Morgan fingerprint density at radius 3 is 1.56 bits per heavy atom. The number of rotatable bonds is 14. The normalized spacial score (nSPS) is 11.4. The van der Waals surface area contributed by atoms with Crippen LogP contribution in [0.2, 0.25) is 0 Å². The fourth-order valence-electron chi connectivity index (χ4n) is 2.18. The van der Waals surface area contributed by atoms with E-state index in [0.717, 1.165) is 6.42 Å². The van der Waals surface area contributed by atoms with E-state index in [1.807, 2.05) is 0 Å². The molecule has 0 saturated heterocycles. The summed E-state index contributed by atoms with van der Waals surface area (Å²) in [5.74, 6) is 0. The van der Waals surface area contributed by atoms with Crippen molar-refractivity contribution in [3.05, 3.63) is 12.2 Å². The number of unbranched alkanes of at least 4 members (excludes halogenated alkanes) is 11. The SMILES string of the molecule is CCCCCCCCC/C=C/CCCCCCO. The minimum Gasteiger partial charge on any atom is -0.396 e. The summed E-state index contributed by atoms with van der Waals surface area (Å²) in [5, 5.41) is 8.64. The molecule has 0 aliphatic carbocycles. The highest BCUT2D eigenvalue weighted by atomic mass is 16.2. The third kappa shape index (κ3) is 15.7. The molecule has 0 aromatic rings. The lowest BCUT2D eigenvalue weighted by atomic mass is 10.1. The monoisotopic (exact) mass is 254 g/mol. The fraction of sp³-hybridized carbons (Fsp3) is 0.882. The van der Waals surface area contributed by atoms with Crippen LogP contribution < -0.4 is 0 Å². The molecule has 0 rings (SSSR count). The third-order valence-electron chi connectivity index (χ3n) is 3.42. The second kappa shape index (κ2) is 16.7. The summed E-state index contributed by atoms with van der Waals surface area (Å²) in [4.78, 5) is 0. The zero-order chi connectivity index (χ0) is 13.3. The molecule has 0 bridgehead atoms. The first kappa shape index (κ1) is 17.7. The smallest absolute Gasteiger partial charge is 0.0431 e. The lowest BCUT2D eigenvalue weighted by Crippen LogP contribution is -1.82. The first-order chi connectivity index (χ1) is 8.91. The average molecular weight is 254 g/mol. The molecule has 0 radical (unpaired) electrons. The molecule has 0 aromatic carbocycles. The number of aliphatic hydroxyl groups excluding tert-OH is 1. The summed E-state index contributed by atoms with van der Waals surface area (Å²) >= 11 is 0. The van der Waals surface area contributed by atoms with Crippen molar-refractivity contribution in [2.75, 3.05) is 6.61 Å². The fourth-order valence-corrected chi connectivity index (χ4v) is 2.18. The maximum atomic E-state index is 8.64. The summed E-state index contributed by atoms with van der Waals surface area (Å²) in [6.07, 6.45) is 21.7. The molecule has 0 spiro atoms. The Labute approximate surface area is 115 Å². The lowest BCUT2D eigenvalue weighted by Gasteiger charge is -1.99. The van der Waals surface area contributed by atoms with E-state index < -0.39 is 0 Å². The molecular weight excluding hydrogens is 220 g/mol. The first-order valence-corrected chi connectivity index (χ1v) is 8.17. The van der Waals surface area contributed by atoms with E-state index in [1.54, 1.807) is 0 Å². The van der Waals surface area contributed by atoms with E-state index in [9.17, 15) is 0 Å². The molecular formula is C17H34O. The van der Waals surface area contributed by atoms with E-state index in [2.05, 4.69) is 19.1 Å². The Hall–Kier alpha value is -0.300. The van der Waals surface area contributed by atoms with Crippen LogP contribution in [0.15, 0.2) is 12.2 Å². The molecule has 18 heavy (non-hydrogen) atoms. The molecule has 108 valence electrons. The predicted molar refractivity (Wildman–Crippen MR) is 81.9 cm³/mol. The summed E-state index contributed by atoms with van der Waals surface area (Å²) in [6, 6.07) is 0. The van der Waals surface area contributed by atoms with Gasteiger partial charge in [0, 0.05) is 6.61 Å². The van der Waals surface area contributed by atoms with Gasteiger partial charge in [-0.2, -0.15) is 0 Å². The minimum atomic E-state index is 0.355. The van der Waals surface area contributed by atoms with Crippen LogP contribution in [0.3, 0.4) is 0 Å². The van der Waals surface area contributed by atoms with Crippen molar-refractivity contribution < 1.29 is 5.11 Å². The predicted octanol–water partition coefficient (Wildman–Crippen LogP) is 5.63. The second-order valence-corrected chi connectivity index (χ2v) is 5.31. The summed E-state index contributed by atoms with van der Waals surface area (Å²) in [5.41, 5.74) is 0. The summed E-state index contributed by atoms with van der Waals surface area (Å²) in [7, 11) is 0. The van der Waals surface area contributed by atoms with Crippen LogP contribution in [0.5, 0.6) is 0 Å². The molecule has 0 aliphatic heterocycles. The van der Waals surface area contributed by atoms with Crippen LogP contribution in [-0.2, 0) is 0 Å². The summed E-state index contributed by atoms with van der Waals surface area (Å²) in [6.45, 7) is 2.63. The van der Waals surface area contributed by atoms with E-state index in [1.165, 1.54) is 77.0 Å². The van der Waals surface area contributed by atoms with Crippen molar-refractivity contribution in [2.24, 2.45) is 0 Å². The van der Waals surface area contributed by atoms with E-state index in [0.29, 0.717) is 6.61 Å². The molecule has 0 atom stereocenters. The van der Waals surface area contributed by atoms with Gasteiger partial charge in [0.2, 0.25) is 0 Å². The molecule has 0 saturated carbocycles. The highest BCUT2D eigenvalue weighted by Crippen LogP contribution is 2.09. The van der Waals surface area contributed by atoms with Gasteiger partial charge >= 0.3 is 0 Å². The van der Waals surface area contributed by atoms with Crippen LogP contribution in [-0.4, -0.2) is 11.7 Å². The first-order valence-electron chi connectivity index (χ1n) is 8.17. The van der Waals surface area contributed by atoms with Crippen LogP contribution in [0.4, 0.5) is 0 Å². The number of aliphatic hydroxyl groups is 1. The van der Waals surface area contributed by atoms with Gasteiger partial charge in [0.05, 0.1) is 0 Å². The Morgan fingerprint density at radius 2 is 1.06 bits per heavy atom. The van der Waals surface area contributed by atoms with Crippen molar-refractivity contribution in [1.29, 1.82) is 0 Å². The molecule has 0 unspecified atom stereocenters. The molecule has 0 aliphatic rings. The van der Waals surface area contributed by atoms with Crippen LogP contribution >= 0.6 is 0 Å². The van der Waals surface area contributed by atoms with Gasteiger partial charge in [-0.1, -0.05) is 70.4 Å². The van der Waals surface area contributed by atoms with Crippen molar-refractivity contribution >= 4 is 0 Å². The maximum Gasteiger partial charge on any atom is 0.0431 e. The van der Waals surface area contributed by atoms with Gasteiger partial charge in [0.25, 0.3) is 0 Å². The molecule has 0 aromatic heterocycles. The standard InChI is InChI=1S/C17H34O/c1-2-3-4-5-6-7-8-9-10-11-12-13-14-15-16-17-18/h10-11,18H,2-9,12-17H2,1H3/b11-10+. The van der Waals surface area contributed by atoms with Gasteiger partial charge in [-0.05, 0) is 32.1 Å². The zero-order valence-corrected chi connectivity index (χ0v) is 12.5. The highest BCUT2D eigenvalue weighted by Gasteiger charge is 1.90. The number of hydrogen-bond donors (Lipinski definition) is 1. The van der Waals surface area contributed by atoms with E-state index in [-0.39, 0.29) is 0 Å². The lowest BCUT2D eigenvalue weighted by molar-refractivity contribution is 0.282. The third-order valence-corrected chi connectivity index (χ3v) is 3.42. The maximum absolute atomic E-state index is 8.64. The Bertz CT molecular complexity index is 163. The van der Waals surface area contributed by atoms with Gasteiger partial charge in [0.15, 0.2) is 0 Å². The van der Waals surface area contributed by atoms with Gasteiger partial charge in [0.1, 0.15) is 0 Å². The van der Waals surface area contributed by atoms with Crippen molar-refractivity contribution in [3.8, 4) is 0 Å². The van der Waals surface area contributed by atoms with Gasteiger partial charge in [-0.3, -0.25) is 0 Å². The Kier molecular flexibility index (Phi) is 16.4. The topological polar surface area (TPSA) is 20.2 Å².